The van der Waals surface area contributed by atoms with Crippen LogP contribution in [0.4, 0.5) is 0 Å². The maximum Gasteiger partial charge on any atom is 0.222 e. The molecule has 24 heavy (non-hydrogen) atoms. The van der Waals surface area contributed by atoms with E-state index in [0.29, 0.717) is 18.4 Å². The van der Waals surface area contributed by atoms with Crippen LogP contribution >= 0.6 is 11.6 Å². The van der Waals surface area contributed by atoms with Crippen molar-refractivity contribution < 1.29 is 9.53 Å². The number of carbonyl (C=O) groups is 1. The molecule has 3 rings (SSSR count). The number of carbonyl (C=O) groups excluding carboxylic acids is 1. The molecule has 0 bridgehead atoms. The van der Waals surface area contributed by atoms with Crippen LogP contribution in [0, 0.1) is 0 Å². The topological polar surface area (TPSA) is 32.8 Å². The Morgan fingerprint density at radius 3 is 2.42 bits per heavy atom. The zero-order valence-electron chi connectivity index (χ0n) is 14.3. The summed E-state index contributed by atoms with van der Waals surface area (Å²) in [5, 5.41) is 0.761. The van der Waals surface area contributed by atoms with Crippen LogP contribution in [-0.2, 0) is 16.0 Å². The molecule has 2 aliphatic heterocycles. The predicted octanol–water partition coefficient (Wildman–Crippen LogP) is 2.99. The van der Waals surface area contributed by atoms with Crippen molar-refractivity contribution in [3.05, 3.63) is 34.9 Å². The number of hydrogen-bond acceptors (Lipinski definition) is 3. The molecule has 1 aromatic rings. The number of nitrogens with zero attached hydrogens (tertiary/aromatic N) is 2. The van der Waals surface area contributed by atoms with Crippen LogP contribution in [0.15, 0.2) is 24.3 Å². The molecular weight excluding hydrogens is 324 g/mol. The number of ether oxygens (including phenoxy) is 1. The summed E-state index contributed by atoms with van der Waals surface area (Å²) in [6.45, 7) is 5.53. The van der Waals surface area contributed by atoms with Crippen molar-refractivity contribution in [1.29, 1.82) is 0 Å². The Hall–Kier alpha value is -1.10. The largest absolute Gasteiger partial charge is 0.381 e. The fourth-order valence-corrected chi connectivity index (χ4v) is 3.77. The van der Waals surface area contributed by atoms with Crippen LogP contribution in [-0.4, -0.2) is 61.1 Å². The maximum absolute atomic E-state index is 12.4. The molecule has 2 heterocycles. The number of aryl methyl sites for hydroxylation is 1. The summed E-state index contributed by atoms with van der Waals surface area (Å²) < 4.78 is 5.44. The molecule has 2 saturated heterocycles. The Bertz CT molecular complexity index is 521. The van der Waals surface area contributed by atoms with Crippen molar-refractivity contribution in [3.8, 4) is 0 Å². The van der Waals surface area contributed by atoms with Gasteiger partial charge >= 0.3 is 0 Å². The maximum atomic E-state index is 12.4. The highest BCUT2D eigenvalue weighted by Gasteiger charge is 2.26. The smallest absolute Gasteiger partial charge is 0.222 e. The quantitative estimate of drug-likeness (QED) is 0.818. The minimum atomic E-state index is 0.301. The van der Waals surface area contributed by atoms with Gasteiger partial charge in [0.2, 0.25) is 5.91 Å². The summed E-state index contributed by atoms with van der Waals surface area (Å²) >= 11 is 5.89. The molecule has 1 amide bonds. The number of benzene rings is 1. The van der Waals surface area contributed by atoms with Gasteiger partial charge in [-0.1, -0.05) is 23.7 Å². The minimum Gasteiger partial charge on any atom is -0.381 e. The van der Waals surface area contributed by atoms with E-state index in [1.54, 1.807) is 0 Å². The first-order chi connectivity index (χ1) is 11.7. The molecule has 0 N–H and O–H groups in total. The van der Waals surface area contributed by atoms with Crippen LogP contribution in [0.3, 0.4) is 0 Å². The SMILES string of the molecule is O=C(CCCc1ccc(Cl)cc1)N1CCN(C2CCOCC2)CC1. The van der Waals surface area contributed by atoms with E-state index in [1.807, 2.05) is 29.2 Å². The summed E-state index contributed by atoms with van der Waals surface area (Å²) in [5.41, 5.74) is 1.25. The normalized spacial score (nSPS) is 20.3. The monoisotopic (exact) mass is 350 g/mol. The third kappa shape index (κ3) is 4.95. The van der Waals surface area contributed by atoms with Gasteiger partial charge in [-0.15, -0.1) is 0 Å². The van der Waals surface area contributed by atoms with E-state index in [0.717, 1.165) is 70.1 Å². The van der Waals surface area contributed by atoms with Crippen molar-refractivity contribution in [2.75, 3.05) is 39.4 Å². The fourth-order valence-electron chi connectivity index (χ4n) is 3.64. The molecule has 0 aliphatic carbocycles. The molecule has 0 aromatic heterocycles. The number of rotatable bonds is 5. The standard InChI is InChI=1S/C19H27ClN2O2/c20-17-6-4-16(5-7-17)2-1-3-19(23)22-12-10-21(11-13-22)18-8-14-24-15-9-18/h4-7,18H,1-3,8-15H2. The Morgan fingerprint density at radius 2 is 1.75 bits per heavy atom. The molecule has 5 heteroatoms. The first kappa shape index (κ1) is 17.7. The van der Waals surface area contributed by atoms with Crippen molar-refractivity contribution in [2.24, 2.45) is 0 Å². The summed E-state index contributed by atoms with van der Waals surface area (Å²) in [5.74, 6) is 0.301. The molecule has 0 unspecified atom stereocenters. The Morgan fingerprint density at radius 1 is 1.08 bits per heavy atom. The highest BCUT2D eigenvalue weighted by Crippen LogP contribution is 2.17. The number of hydrogen-bond donors (Lipinski definition) is 0. The van der Waals surface area contributed by atoms with Crippen molar-refractivity contribution >= 4 is 17.5 Å². The second kappa shape index (κ2) is 8.84. The molecule has 0 saturated carbocycles. The van der Waals surface area contributed by atoms with E-state index in [1.165, 1.54) is 5.56 Å². The number of amides is 1. The Balaban J connectivity index is 1.36. The average Bonchev–Trinajstić information content (AvgIpc) is 2.64. The number of halogens is 1. The Kier molecular flexibility index (Phi) is 6.52. The average molecular weight is 351 g/mol. The van der Waals surface area contributed by atoms with Gasteiger partial charge in [0.05, 0.1) is 0 Å². The molecule has 2 fully saturated rings. The van der Waals surface area contributed by atoms with Gasteiger partial charge in [-0.2, -0.15) is 0 Å². The molecule has 0 atom stereocenters. The second-order valence-electron chi connectivity index (χ2n) is 6.74. The zero-order valence-corrected chi connectivity index (χ0v) is 15.0. The van der Waals surface area contributed by atoms with E-state index < -0.39 is 0 Å². The van der Waals surface area contributed by atoms with Crippen LogP contribution in [0.25, 0.3) is 0 Å². The van der Waals surface area contributed by atoms with Crippen molar-refractivity contribution in [2.45, 2.75) is 38.1 Å². The van der Waals surface area contributed by atoms with E-state index in [4.69, 9.17) is 16.3 Å². The molecule has 4 nitrogen and oxygen atoms in total. The highest BCUT2D eigenvalue weighted by atomic mass is 35.5. The molecule has 132 valence electrons. The van der Waals surface area contributed by atoms with E-state index in [9.17, 15) is 4.79 Å². The van der Waals surface area contributed by atoms with Crippen LogP contribution < -0.4 is 0 Å². The number of piperazine rings is 1. The van der Waals surface area contributed by atoms with Crippen molar-refractivity contribution in [3.63, 3.8) is 0 Å². The lowest BCUT2D eigenvalue weighted by atomic mass is 10.1. The minimum absolute atomic E-state index is 0.301. The molecule has 0 radical (unpaired) electrons. The van der Waals surface area contributed by atoms with Gasteiger partial charge in [0.1, 0.15) is 0 Å². The van der Waals surface area contributed by atoms with Gasteiger partial charge in [-0.3, -0.25) is 9.69 Å². The van der Waals surface area contributed by atoms with Crippen molar-refractivity contribution in [1.82, 2.24) is 9.80 Å². The van der Waals surface area contributed by atoms with Gasteiger partial charge in [-0.25, -0.2) is 0 Å². The lowest BCUT2D eigenvalue weighted by Gasteiger charge is -2.40. The lowest BCUT2D eigenvalue weighted by Crippen LogP contribution is -2.53. The first-order valence-electron chi connectivity index (χ1n) is 9.06. The second-order valence-corrected chi connectivity index (χ2v) is 7.18. The van der Waals surface area contributed by atoms with Crippen LogP contribution in [0.2, 0.25) is 5.02 Å². The molecule has 2 aliphatic rings. The van der Waals surface area contributed by atoms with E-state index in [-0.39, 0.29) is 0 Å². The van der Waals surface area contributed by atoms with Crippen LogP contribution in [0.1, 0.15) is 31.2 Å². The zero-order chi connectivity index (χ0) is 16.8. The van der Waals surface area contributed by atoms with Gasteiger partial charge in [0.15, 0.2) is 0 Å². The first-order valence-corrected chi connectivity index (χ1v) is 9.44. The third-order valence-corrected chi connectivity index (χ3v) is 5.40. The van der Waals surface area contributed by atoms with Gasteiger partial charge in [0, 0.05) is 56.9 Å². The van der Waals surface area contributed by atoms with Gasteiger partial charge < -0.3 is 9.64 Å². The Labute approximate surface area is 149 Å². The summed E-state index contributed by atoms with van der Waals surface area (Å²) in [7, 11) is 0. The summed E-state index contributed by atoms with van der Waals surface area (Å²) in [6.07, 6.45) is 4.75. The lowest BCUT2D eigenvalue weighted by molar-refractivity contribution is -0.133. The molecule has 0 spiro atoms. The van der Waals surface area contributed by atoms with E-state index >= 15 is 0 Å². The molecular formula is C19H27ClN2O2. The highest BCUT2D eigenvalue weighted by molar-refractivity contribution is 6.30. The van der Waals surface area contributed by atoms with Gasteiger partial charge in [0.25, 0.3) is 0 Å². The predicted molar refractivity (Wildman–Crippen MR) is 96.4 cm³/mol. The molecule has 1 aromatic carbocycles. The fraction of sp³-hybridized carbons (Fsp3) is 0.632. The third-order valence-electron chi connectivity index (χ3n) is 5.14. The van der Waals surface area contributed by atoms with Crippen LogP contribution in [0.5, 0.6) is 0 Å². The van der Waals surface area contributed by atoms with Gasteiger partial charge in [-0.05, 0) is 43.4 Å². The summed E-state index contributed by atoms with van der Waals surface area (Å²) in [4.78, 5) is 17.0. The summed E-state index contributed by atoms with van der Waals surface area (Å²) in [6, 6.07) is 8.56. The van der Waals surface area contributed by atoms with E-state index in [2.05, 4.69) is 4.90 Å².